The van der Waals surface area contributed by atoms with Gasteiger partial charge in [0, 0.05) is 5.39 Å². The molecule has 7 heteroatoms. The fourth-order valence-corrected chi connectivity index (χ4v) is 2.63. The summed E-state index contributed by atoms with van der Waals surface area (Å²) < 4.78 is 19.2. The third-order valence-corrected chi connectivity index (χ3v) is 5.07. The van der Waals surface area contributed by atoms with Crippen LogP contribution in [-0.2, 0) is 4.74 Å². The number of hydrogen-bond acceptors (Lipinski definition) is 3. The van der Waals surface area contributed by atoms with Crippen molar-refractivity contribution < 1.29 is 13.9 Å². The van der Waals surface area contributed by atoms with E-state index >= 15 is 0 Å². The number of esters is 1. The van der Waals surface area contributed by atoms with Crippen molar-refractivity contribution in [3.63, 3.8) is 0 Å². The van der Waals surface area contributed by atoms with Gasteiger partial charge in [-0.05, 0) is 57.6 Å². The van der Waals surface area contributed by atoms with Crippen molar-refractivity contribution in [3.05, 3.63) is 41.9 Å². The van der Waals surface area contributed by atoms with Crippen LogP contribution in [0.3, 0.4) is 0 Å². The summed E-state index contributed by atoms with van der Waals surface area (Å²) in [5, 5.41) is 0.438. The first-order chi connectivity index (χ1) is 8.95. The molecule has 100 valence electrons. The van der Waals surface area contributed by atoms with E-state index in [9.17, 15) is 14.0 Å². The van der Waals surface area contributed by atoms with Gasteiger partial charge in [0.05, 0.1) is 20.2 Å². The van der Waals surface area contributed by atoms with E-state index in [1.54, 1.807) is 6.92 Å². The Morgan fingerprint density at radius 2 is 2.21 bits per heavy atom. The molecule has 0 amide bonds. The number of carbonyl (C=O) groups excluding carboxylic acids is 1. The van der Waals surface area contributed by atoms with Gasteiger partial charge in [0.25, 0.3) is 5.56 Å². The molecule has 0 unspecified atom stereocenters. The summed E-state index contributed by atoms with van der Waals surface area (Å²) in [5.41, 5.74) is -0.207. The zero-order chi connectivity index (χ0) is 14.2. The third-order valence-electron chi connectivity index (χ3n) is 2.47. The molecule has 0 aliphatic heterocycles. The first kappa shape index (κ1) is 14.4. The van der Waals surface area contributed by atoms with Crippen LogP contribution in [0.4, 0.5) is 4.39 Å². The second kappa shape index (κ2) is 5.58. The van der Waals surface area contributed by atoms with E-state index in [4.69, 9.17) is 4.74 Å². The van der Waals surface area contributed by atoms with Gasteiger partial charge < -0.3 is 9.72 Å². The second-order valence-corrected chi connectivity index (χ2v) is 5.55. The van der Waals surface area contributed by atoms with Gasteiger partial charge in [-0.3, -0.25) is 4.79 Å². The smallest absolute Gasteiger partial charge is 0.343 e. The summed E-state index contributed by atoms with van der Waals surface area (Å²) in [6.07, 6.45) is 0. The molecule has 2 rings (SSSR count). The lowest BCUT2D eigenvalue weighted by molar-refractivity contribution is 0.0524. The molecule has 0 bridgehead atoms. The van der Waals surface area contributed by atoms with E-state index in [0.717, 1.165) is 0 Å². The van der Waals surface area contributed by atoms with Gasteiger partial charge in [-0.2, -0.15) is 0 Å². The van der Waals surface area contributed by atoms with Crippen molar-refractivity contribution >= 4 is 55.4 Å². The highest BCUT2D eigenvalue weighted by atomic mass is 127. The highest BCUT2D eigenvalue weighted by Gasteiger charge is 2.16. The second-order valence-electron chi connectivity index (χ2n) is 3.68. The van der Waals surface area contributed by atoms with Gasteiger partial charge in [-0.25, -0.2) is 9.18 Å². The maximum absolute atomic E-state index is 13.6. The van der Waals surface area contributed by atoms with Crippen molar-refractivity contribution in [2.45, 2.75) is 6.92 Å². The molecular formula is C12H8BrFINO3. The van der Waals surface area contributed by atoms with Crippen LogP contribution in [0.2, 0.25) is 0 Å². The first-order valence-corrected chi connectivity index (χ1v) is 7.20. The third kappa shape index (κ3) is 2.66. The number of pyridine rings is 1. The Kier molecular flexibility index (Phi) is 4.24. The number of nitrogens with one attached hydrogen (secondary N) is 1. The molecule has 1 heterocycles. The molecule has 2 aromatic rings. The lowest BCUT2D eigenvalue weighted by Crippen LogP contribution is -2.19. The molecule has 1 aromatic carbocycles. The van der Waals surface area contributed by atoms with E-state index in [1.165, 1.54) is 12.1 Å². The number of aromatic amines is 1. The Morgan fingerprint density at radius 3 is 2.84 bits per heavy atom. The molecule has 19 heavy (non-hydrogen) atoms. The number of rotatable bonds is 2. The number of H-pyrrole nitrogens is 1. The number of ether oxygens (including phenoxy) is 1. The van der Waals surface area contributed by atoms with Crippen molar-refractivity contribution in [1.29, 1.82) is 0 Å². The van der Waals surface area contributed by atoms with Crippen LogP contribution in [0.1, 0.15) is 17.3 Å². The highest BCUT2D eigenvalue weighted by molar-refractivity contribution is 14.1. The Labute approximate surface area is 129 Å². The lowest BCUT2D eigenvalue weighted by Gasteiger charge is -2.07. The predicted molar refractivity (Wildman–Crippen MR) is 80.9 cm³/mol. The van der Waals surface area contributed by atoms with Crippen LogP contribution < -0.4 is 5.56 Å². The maximum Gasteiger partial charge on any atom is 0.343 e. The molecule has 0 saturated carbocycles. The normalized spacial score (nSPS) is 10.7. The van der Waals surface area contributed by atoms with Gasteiger partial charge in [0.15, 0.2) is 0 Å². The minimum Gasteiger partial charge on any atom is -0.462 e. The van der Waals surface area contributed by atoms with Gasteiger partial charge >= 0.3 is 5.97 Å². The lowest BCUT2D eigenvalue weighted by atomic mass is 10.1. The molecular weight excluding hydrogens is 432 g/mol. The van der Waals surface area contributed by atoms with E-state index in [-0.39, 0.29) is 16.6 Å². The summed E-state index contributed by atoms with van der Waals surface area (Å²) in [5.74, 6) is -1.18. The van der Waals surface area contributed by atoms with Crippen molar-refractivity contribution in [2.75, 3.05) is 6.61 Å². The molecule has 0 aliphatic carbocycles. The molecule has 0 saturated heterocycles. The molecule has 0 fully saturated rings. The Morgan fingerprint density at radius 1 is 1.53 bits per heavy atom. The zero-order valence-electron chi connectivity index (χ0n) is 9.72. The maximum atomic E-state index is 13.6. The largest absolute Gasteiger partial charge is 0.462 e. The predicted octanol–water partition coefficient (Wildman–Crippen LogP) is 3.21. The molecule has 1 N–H and O–H groups in total. The van der Waals surface area contributed by atoms with Crippen LogP contribution in [0.5, 0.6) is 0 Å². The molecule has 0 spiro atoms. The molecule has 1 aromatic heterocycles. The van der Waals surface area contributed by atoms with E-state index in [2.05, 4.69) is 20.9 Å². The van der Waals surface area contributed by atoms with Crippen LogP contribution in [-0.4, -0.2) is 17.6 Å². The van der Waals surface area contributed by atoms with Crippen LogP contribution in [0.15, 0.2) is 21.4 Å². The summed E-state index contributed by atoms with van der Waals surface area (Å²) in [6.45, 7) is 1.81. The van der Waals surface area contributed by atoms with E-state index in [0.29, 0.717) is 14.5 Å². The van der Waals surface area contributed by atoms with E-state index in [1.807, 2.05) is 22.6 Å². The summed E-state index contributed by atoms with van der Waals surface area (Å²) in [4.78, 5) is 26.0. The number of hydrogen-bond donors (Lipinski definition) is 1. The molecule has 0 radical (unpaired) electrons. The van der Waals surface area contributed by atoms with Gasteiger partial charge in [0.1, 0.15) is 11.4 Å². The minimum atomic E-state index is -0.719. The van der Waals surface area contributed by atoms with Crippen molar-refractivity contribution in [1.82, 2.24) is 4.98 Å². The topological polar surface area (TPSA) is 59.2 Å². The van der Waals surface area contributed by atoms with Crippen LogP contribution in [0, 0.1) is 9.39 Å². The van der Waals surface area contributed by atoms with Gasteiger partial charge in [0.2, 0.25) is 0 Å². The van der Waals surface area contributed by atoms with Crippen molar-refractivity contribution in [3.8, 4) is 0 Å². The minimum absolute atomic E-state index is 0.133. The fraction of sp³-hybridized carbons (Fsp3) is 0.167. The Hall–Kier alpha value is -0.960. The summed E-state index contributed by atoms with van der Waals surface area (Å²) in [7, 11) is 0. The number of aromatic nitrogens is 1. The quantitative estimate of drug-likeness (QED) is 0.444. The summed E-state index contributed by atoms with van der Waals surface area (Å²) in [6, 6.07) is 2.59. The standard InChI is InChI=1S/C12H8BrFINO3/c1-2-19-12(18)6-3-5-4-7(14)8(13)9(15)10(5)16-11(6)17/h3-4H,2H2,1H3,(H,16,17). The van der Waals surface area contributed by atoms with Crippen LogP contribution >= 0.6 is 38.5 Å². The Bertz CT molecular complexity index is 729. The van der Waals surface area contributed by atoms with Gasteiger partial charge in [-0.15, -0.1) is 0 Å². The monoisotopic (exact) mass is 439 g/mol. The number of fused-ring (bicyclic) bond motifs is 1. The average molecular weight is 440 g/mol. The zero-order valence-corrected chi connectivity index (χ0v) is 13.5. The highest BCUT2D eigenvalue weighted by Crippen LogP contribution is 2.29. The first-order valence-electron chi connectivity index (χ1n) is 5.33. The number of halogens is 3. The summed E-state index contributed by atoms with van der Waals surface area (Å²) >= 11 is 5.02. The van der Waals surface area contributed by atoms with Gasteiger partial charge in [-0.1, -0.05) is 0 Å². The SMILES string of the molecule is CCOC(=O)c1cc2cc(F)c(Br)c(I)c2[nH]c1=O. The molecule has 0 aliphatic rings. The van der Waals surface area contributed by atoms with Crippen molar-refractivity contribution in [2.24, 2.45) is 0 Å². The van der Waals surface area contributed by atoms with Crippen LogP contribution in [0.25, 0.3) is 10.9 Å². The number of benzene rings is 1. The molecule has 4 nitrogen and oxygen atoms in total. The van der Waals surface area contributed by atoms with E-state index < -0.39 is 17.3 Å². The fourth-order valence-electron chi connectivity index (χ4n) is 1.62. The number of carbonyl (C=O) groups is 1. The average Bonchev–Trinajstić information content (AvgIpc) is 2.37. The molecule has 0 atom stereocenters. The Balaban J connectivity index is 2.73.